The Morgan fingerprint density at radius 2 is 1.27 bits per heavy atom. The molecule has 0 saturated carbocycles. The van der Waals surface area contributed by atoms with Crippen molar-refractivity contribution in [3.63, 3.8) is 0 Å². The Bertz CT molecular complexity index is 527. The predicted octanol–water partition coefficient (Wildman–Crippen LogP) is 3.52. The molecular formula is C23H35N3. The molecule has 142 valence electrons. The van der Waals surface area contributed by atoms with Crippen LogP contribution in [0.15, 0.2) is 60.7 Å². The summed E-state index contributed by atoms with van der Waals surface area (Å²) in [5.74, 6) is 0.664. The van der Waals surface area contributed by atoms with Crippen molar-refractivity contribution < 1.29 is 0 Å². The van der Waals surface area contributed by atoms with Gasteiger partial charge in [-0.3, -0.25) is 0 Å². The van der Waals surface area contributed by atoms with Crippen molar-refractivity contribution in [1.29, 1.82) is 0 Å². The Morgan fingerprint density at radius 3 is 1.77 bits per heavy atom. The summed E-state index contributed by atoms with van der Waals surface area (Å²) in [4.78, 5) is 0. The molecule has 1 unspecified atom stereocenters. The molecule has 3 nitrogen and oxygen atoms in total. The van der Waals surface area contributed by atoms with Gasteiger partial charge in [0.15, 0.2) is 0 Å². The van der Waals surface area contributed by atoms with Crippen molar-refractivity contribution in [3.8, 4) is 0 Å². The van der Waals surface area contributed by atoms with Gasteiger partial charge in [0.2, 0.25) is 0 Å². The molecule has 0 fully saturated rings. The lowest BCUT2D eigenvalue weighted by molar-refractivity contribution is 0.405. The molecule has 0 heterocycles. The maximum atomic E-state index is 6.16. The highest BCUT2D eigenvalue weighted by atomic mass is 14.9. The quantitative estimate of drug-likeness (QED) is 0.516. The van der Waals surface area contributed by atoms with Crippen LogP contribution in [0.2, 0.25) is 0 Å². The molecule has 2 aromatic rings. The number of benzene rings is 2. The molecule has 0 aliphatic heterocycles. The average molecular weight is 354 g/mol. The van der Waals surface area contributed by atoms with E-state index in [9.17, 15) is 0 Å². The van der Waals surface area contributed by atoms with E-state index in [1.54, 1.807) is 0 Å². The second-order valence-electron chi connectivity index (χ2n) is 7.26. The third-order valence-corrected chi connectivity index (χ3v) is 4.99. The maximum Gasteiger partial charge on any atom is 0.0165 e. The summed E-state index contributed by atoms with van der Waals surface area (Å²) in [5, 5.41) is 3.60. The highest BCUT2D eigenvalue weighted by Crippen LogP contribution is 2.16. The van der Waals surface area contributed by atoms with Gasteiger partial charge in [-0.1, -0.05) is 60.7 Å². The molecule has 0 aromatic heterocycles. The zero-order valence-corrected chi connectivity index (χ0v) is 15.9. The molecule has 1 atom stereocenters. The van der Waals surface area contributed by atoms with E-state index in [1.165, 1.54) is 24.0 Å². The zero-order valence-electron chi connectivity index (χ0n) is 15.9. The van der Waals surface area contributed by atoms with Gasteiger partial charge in [0, 0.05) is 12.6 Å². The number of nitrogens with two attached hydrogens (primary N) is 2. The molecule has 0 spiro atoms. The Morgan fingerprint density at radius 1 is 0.731 bits per heavy atom. The van der Waals surface area contributed by atoms with Gasteiger partial charge in [-0.25, -0.2) is 0 Å². The van der Waals surface area contributed by atoms with E-state index in [1.807, 2.05) is 0 Å². The van der Waals surface area contributed by atoms with Crippen molar-refractivity contribution in [2.75, 3.05) is 19.6 Å². The highest BCUT2D eigenvalue weighted by Gasteiger charge is 2.11. The smallest absolute Gasteiger partial charge is 0.0165 e. The Kier molecular flexibility index (Phi) is 10.0. The van der Waals surface area contributed by atoms with Gasteiger partial charge in [-0.15, -0.1) is 0 Å². The first kappa shape index (κ1) is 20.6. The van der Waals surface area contributed by atoms with Gasteiger partial charge in [-0.05, 0) is 68.7 Å². The number of rotatable bonds is 13. The van der Waals surface area contributed by atoms with E-state index in [0.29, 0.717) is 5.92 Å². The summed E-state index contributed by atoms with van der Waals surface area (Å²) in [6, 6.07) is 21.8. The fourth-order valence-corrected chi connectivity index (χ4v) is 3.33. The monoisotopic (exact) mass is 353 g/mol. The van der Waals surface area contributed by atoms with Gasteiger partial charge in [0.05, 0.1) is 0 Å². The van der Waals surface area contributed by atoms with Crippen LogP contribution in [0.1, 0.15) is 36.8 Å². The number of hydrogen-bond acceptors (Lipinski definition) is 3. The van der Waals surface area contributed by atoms with Crippen molar-refractivity contribution >= 4 is 0 Å². The van der Waals surface area contributed by atoms with E-state index in [-0.39, 0.29) is 6.04 Å². The van der Waals surface area contributed by atoms with Crippen LogP contribution in [0.25, 0.3) is 0 Å². The SMILES string of the molecule is NCCCC(N)CNCC(CCc1ccccc1)CCc1ccccc1. The summed E-state index contributed by atoms with van der Waals surface area (Å²) in [7, 11) is 0. The van der Waals surface area contributed by atoms with Crippen molar-refractivity contribution in [3.05, 3.63) is 71.8 Å². The van der Waals surface area contributed by atoms with E-state index < -0.39 is 0 Å². The lowest BCUT2D eigenvalue weighted by Crippen LogP contribution is -2.36. The molecule has 3 heteroatoms. The van der Waals surface area contributed by atoms with Gasteiger partial charge in [-0.2, -0.15) is 0 Å². The third-order valence-electron chi connectivity index (χ3n) is 4.99. The molecule has 2 aromatic carbocycles. The van der Waals surface area contributed by atoms with Crippen molar-refractivity contribution in [1.82, 2.24) is 5.32 Å². The summed E-state index contributed by atoms with van der Waals surface area (Å²) in [6.45, 7) is 2.65. The van der Waals surface area contributed by atoms with Gasteiger partial charge in [0.1, 0.15) is 0 Å². The largest absolute Gasteiger partial charge is 0.330 e. The lowest BCUT2D eigenvalue weighted by atomic mass is 9.93. The van der Waals surface area contributed by atoms with Crippen molar-refractivity contribution in [2.45, 2.75) is 44.6 Å². The van der Waals surface area contributed by atoms with E-state index in [4.69, 9.17) is 11.5 Å². The second kappa shape index (κ2) is 12.6. The maximum absolute atomic E-state index is 6.16. The van der Waals surface area contributed by atoms with Crippen LogP contribution in [-0.4, -0.2) is 25.7 Å². The van der Waals surface area contributed by atoms with Crippen LogP contribution in [0.5, 0.6) is 0 Å². The number of nitrogens with one attached hydrogen (secondary N) is 1. The van der Waals surface area contributed by atoms with E-state index in [0.717, 1.165) is 45.3 Å². The molecule has 0 amide bonds. The molecule has 26 heavy (non-hydrogen) atoms. The van der Waals surface area contributed by atoms with Gasteiger partial charge < -0.3 is 16.8 Å². The van der Waals surface area contributed by atoms with Crippen LogP contribution in [0, 0.1) is 5.92 Å². The number of hydrogen-bond donors (Lipinski definition) is 3. The van der Waals surface area contributed by atoms with Gasteiger partial charge in [0.25, 0.3) is 0 Å². The van der Waals surface area contributed by atoms with E-state index >= 15 is 0 Å². The first-order valence-corrected chi connectivity index (χ1v) is 10.0. The minimum atomic E-state index is 0.211. The Hall–Kier alpha value is -1.68. The molecule has 0 radical (unpaired) electrons. The van der Waals surface area contributed by atoms with Crippen molar-refractivity contribution in [2.24, 2.45) is 17.4 Å². The van der Waals surface area contributed by atoms with Crippen LogP contribution < -0.4 is 16.8 Å². The summed E-state index contributed by atoms with van der Waals surface area (Å²) < 4.78 is 0. The first-order valence-electron chi connectivity index (χ1n) is 10.0. The molecular weight excluding hydrogens is 318 g/mol. The fourth-order valence-electron chi connectivity index (χ4n) is 3.33. The summed E-state index contributed by atoms with van der Waals surface area (Å²) >= 11 is 0. The molecule has 2 rings (SSSR count). The average Bonchev–Trinajstić information content (AvgIpc) is 2.69. The molecule has 0 saturated heterocycles. The molecule has 0 bridgehead atoms. The highest BCUT2D eigenvalue weighted by molar-refractivity contribution is 5.16. The van der Waals surface area contributed by atoms with Crippen LogP contribution >= 0.6 is 0 Å². The normalized spacial score (nSPS) is 12.4. The van der Waals surface area contributed by atoms with E-state index in [2.05, 4.69) is 66.0 Å². The summed E-state index contributed by atoms with van der Waals surface area (Å²) in [6.07, 6.45) is 6.71. The third kappa shape index (κ3) is 8.61. The number of aryl methyl sites for hydroxylation is 2. The minimum absolute atomic E-state index is 0.211. The van der Waals surface area contributed by atoms with Gasteiger partial charge >= 0.3 is 0 Å². The predicted molar refractivity (Wildman–Crippen MR) is 112 cm³/mol. The lowest BCUT2D eigenvalue weighted by Gasteiger charge is -2.20. The fraction of sp³-hybridized carbons (Fsp3) is 0.478. The van der Waals surface area contributed by atoms with Crippen LogP contribution in [0.3, 0.4) is 0 Å². The molecule has 0 aliphatic rings. The topological polar surface area (TPSA) is 64.1 Å². The minimum Gasteiger partial charge on any atom is -0.330 e. The van der Waals surface area contributed by atoms with Crippen LogP contribution in [0.4, 0.5) is 0 Å². The first-order chi connectivity index (χ1) is 12.8. The Balaban J connectivity index is 1.79. The second-order valence-corrected chi connectivity index (χ2v) is 7.26. The van der Waals surface area contributed by atoms with Crippen LogP contribution in [-0.2, 0) is 12.8 Å². The standard InChI is InChI=1S/C23H35N3/c24-17-7-12-23(25)19-26-18-22(15-13-20-8-3-1-4-9-20)16-14-21-10-5-2-6-11-21/h1-6,8-11,22-23,26H,7,12-19,24-25H2. The summed E-state index contributed by atoms with van der Waals surface area (Å²) in [5.41, 5.74) is 14.6. The zero-order chi connectivity index (χ0) is 18.5. The molecule has 0 aliphatic carbocycles. The molecule has 5 N–H and O–H groups in total. The Labute approximate surface area is 159 Å².